The maximum atomic E-state index is 11.2. The van der Waals surface area contributed by atoms with Crippen LogP contribution in [0.4, 0.5) is 5.69 Å². The van der Waals surface area contributed by atoms with Crippen molar-refractivity contribution in [2.45, 2.75) is 27.7 Å². The number of hydrogen-bond acceptors (Lipinski definition) is 5. The summed E-state index contributed by atoms with van der Waals surface area (Å²) < 4.78 is 1.69. The first kappa shape index (κ1) is 13.1. The van der Waals surface area contributed by atoms with E-state index in [1.165, 1.54) is 13.8 Å². The largest absolute Gasteiger partial charge is 0.510 e. The maximum absolute atomic E-state index is 11.2. The van der Waals surface area contributed by atoms with Crippen LogP contribution in [0.15, 0.2) is 21.7 Å². The summed E-state index contributed by atoms with van der Waals surface area (Å²) in [5.41, 5.74) is 2.16. The Morgan fingerprint density at radius 1 is 1.35 bits per heavy atom. The number of allylic oxidation sites excluding steroid dienone is 2. The van der Waals surface area contributed by atoms with Crippen LogP contribution in [0, 0.1) is 13.8 Å². The molecular weight excluding hydrogens is 220 g/mol. The predicted molar refractivity (Wildman–Crippen MR) is 63.2 cm³/mol. The second kappa shape index (κ2) is 4.90. The lowest BCUT2D eigenvalue weighted by Gasteiger charge is -1.97. The van der Waals surface area contributed by atoms with Gasteiger partial charge in [-0.15, -0.1) is 10.2 Å². The molecule has 0 unspecified atom stereocenters. The molecule has 0 atom stereocenters. The highest BCUT2D eigenvalue weighted by molar-refractivity contribution is 5.93. The number of ketones is 1. The standard InChI is InChI=1S/C11H16N4O2/c1-6-10(7(2)15(5)14-6)12-13-11(8(3)16)9(4)17/h16H,1-5H3/b11-8+,13-12?. The summed E-state index contributed by atoms with van der Waals surface area (Å²) in [6.07, 6.45) is 0. The maximum Gasteiger partial charge on any atom is 0.183 e. The first-order valence-corrected chi connectivity index (χ1v) is 5.17. The minimum Gasteiger partial charge on any atom is -0.510 e. The van der Waals surface area contributed by atoms with E-state index in [2.05, 4.69) is 15.3 Å². The Kier molecular flexibility index (Phi) is 3.77. The van der Waals surface area contributed by atoms with Gasteiger partial charge >= 0.3 is 0 Å². The Hall–Kier alpha value is -1.98. The van der Waals surface area contributed by atoms with Crippen LogP contribution in [0.25, 0.3) is 0 Å². The molecule has 1 rings (SSSR count). The fraction of sp³-hybridized carbons (Fsp3) is 0.455. The van der Waals surface area contributed by atoms with Crippen LogP contribution in [-0.2, 0) is 11.8 Å². The zero-order valence-electron chi connectivity index (χ0n) is 10.6. The molecule has 6 heteroatoms. The average molecular weight is 236 g/mol. The Morgan fingerprint density at radius 2 is 1.94 bits per heavy atom. The van der Waals surface area contributed by atoms with E-state index >= 15 is 0 Å². The number of azo groups is 1. The van der Waals surface area contributed by atoms with Crippen molar-refractivity contribution in [1.82, 2.24) is 9.78 Å². The van der Waals surface area contributed by atoms with Gasteiger partial charge in [-0.05, 0) is 20.8 Å². The van der Waals surface area contributed by atoms with Gasteiger partial charge < -0.3 is 5.11 Å². The van der Waals surface area contributed by atoms with Crippen molar-refractivity contribution >= 4 is 11.5 Å². The van der Waals surface area contributed by atoms with Gasteiger partial charge in [0, 0.05) is 14.0 Å². The first-order chi connectivity index (χ1) is 7.84. The lowest BCUT2D eigenvalue weighted by atomic mass is 10.3. The summed E-state index contributed by atoms with van der Waals surface area (Å²) in [5, 5.41) is 21.2. The van der Waals surface area contributed by atoms with Gasteiger partial charge in [-0.25, -0.2) is 0 Å². The normalized spacial score (nSPS) is 13.0. The van der Waals surface area contributed by atoms with Crippen LogP contribution in [0.1, 0.15) is 25.2 Å². The monoisotopic (exact) mass is 236 g/mol. The molecule has 92 valence electrons. The molecule has 6 nitrogen and oxygen atoms in total. The number of rotatable bonds is 3. The summed E-state index contributed by atoms with van der Waals surface area (Å²) in [7, 11) is 1.81. The van der Waals surface area contributed by atoms with E-state index in [1.54, 1.807) is 11.7 Å². The molecule has 0 saturated heterocycles. The number of aryl methyl sites for hydroxylation is 2. The number of carbonyl (C=O) groups excluding carboxylic acids is 1. The van der Waals surface area contributed by atoms with Crippen molar-refractivity contribution in [2.75, 3.05) is 0 Å². The SMILES string of the molecule is CC(=O)/C(N=Nc1c(C)nn(C)c1C)=C(/C)O. The fourth-order valence-corrected chi connectivity index (χ4v) is 1.40. The van der Waals surface area contributed by atoms with E-state index in [-0.39, 0.29) is 17.2 Å². The third-order valence-corrected chi connectivity index (χ3v) is 2.40. The van der Waals surface area contributed by atoms with Gasteiger partial charge in [-0.1, -0.05) is 0 Å². The van der Waals surface area contributed by atoms with E-state index in [0.717, 1.165) is 11.4 Å². The molecule has 0 aliphatic heterocycles. The van der Waals surface area contributed by atoms with Gasteiger partial charge in [0.2, 0.25) is 0 Å². The molecule has 0 fully saturated rings. The Balaban J connectivity index is 3.14. The van der Waals surface area contributed by atoms with Crippen LogP contribution in [0.2, 0.25) is 0 Å². The molecule has 0 bridgehead atoms. The Bertz CT molecular complexity index is 508. The number of aliphatic hydroxyl groups is 1. The smallest absolute Gasteiger partial charge is 0.183 e. The number of hydrogen-bond donors (Lipinski definition) is 1. The Labute approximate surface area is 99.7 Å². The predicted octanol–water partition coefficient (Wildman–Crippen LogP) is 2.50. The van der Waals surface area contributed by atoms with E-state index in [4.69, 9.17) is 0 Å². The lowest BCUT2D eigenvalue weighted by Crippen LogP contribution is -1.96. The Morgan fingerprint density at radius 3 is 2.29 bits per heavy atom. The molecule has 1 aromatic heterocycles. The number of aromatic nitrogens is 2. The van der Waals surface area contributed by atoms with E-state index in [1.807, 2.05) is 13.8 Å². The highest BCUT2D eigenvalue weighted by atomic mass is 16.3. The minimum atomic E-state index is -0.326. The highest BCUT2D eigenvalue weighted by Crippen LogP contribution is 2.23. The van der Waals surface area contributed by atoms with Crippen molar-refractivity contribution in [3.8, 4) is 0 Å². The van der Waals surface area contributed by atoms with Crippen molar-refractivity contribution in [2.24, 2.45) is 17.3 Å². The van der Waals surface area contributed by atoms with Gasteiger partial charge in [0.05, 0.1) is 11.4 Å². The molecule has 1 heterocycles. The fourth-order valence-electron chi connectivity index (χ4n) is 1.40. The quantitative estimate of drug-likeness (QED) is 0.497. The van der Waals surface area contributed by atoms with E-state index in [0.29, 0.717) is 5.69 Å². The van der Waals surface area contributed by atoms with Gasteiger partial charge in [-0.2, -0.15) is 5.10 Å². The van der Waals surface area contributed by atoms with Crippen LogP contribution in [0.5, 0.6) is 0 Å². The van der Waals surface area contributed by atoms with Crippen molar-refractivity contribution in [3.05, 3.63) is 22.8 Å². The number of Topliss-reactive ketones (excluding diaryl/α,β-unsaturated/α-hetero) is 1. The van der Waals surface area contributed by atoms with Crippen LogP contribution in [-0.4, -0.2) is 20.7 Å². The second-order valence-corrected chi connectivity index (χ2v) is 3.83. The summed E-state index contributed by atoms with van der Waals surface area (Å²) >= 11 is 0. The molecule has 1 N–H and O–H groups in total. The molecule has 17 heavy (non-hydrogen) atoms. The zero-order valence-corrected chi connectivity index (χ0v) is 10.6. The molecule has 0 aliphatic rings. The topological polar surface area (TPSA) is 79.8 Å². The lowest BCUT2D eigenvalue weighted by molar-refractivity contribution is -0.113. The van der Waals surface area contributed by atoms with E-state index in [9.17, 15) is 9.90 Å². The van der Waals surface area contributed by atoms with Crippen molar-refractivity contribution < 1.29 is 9.90 Å². The molecule has 0 amide bonds. The number of carbonyl (C=O) groups is 1. The van der Waals surface area contributed by atoms with Gasteiger partial charge in [-0.3, -0.25) is 9.48 Å². The highest BCUT2D eigenvalue weighted by Gasteiger charge is 2.10. The molecule has 1 aromatic rings. The van der Waals surface area contributed by atoms with Crippen molar-refractivity contribution in [3.63, 3.8) is 0 Å². The van der Waals surface area contributed by atoms with Crippen molar-refractivity contribution in [1.29, 1.82) is 0 Å². The zero-order chi connectivity index (χ0) is 13.2. The van der Waals surface area contributed by atoms with Crippen LogP contribution >= 0.6 is 0 Å². The molecule has 0 aliphatic carbocycles. The average Bonchev–Trinajstić information content (AvgIpc) is 2.43. The van der Waals surface area contributed by atoms with E-state index < -0.39 is 0 Å². The number of nitrogens with zero attached hydrogens (tertiary/aromatic N) is 4. The molecule has 0 radical (unpaired) electrons. The van der Waals surface area contributed by atoms with Crippen LogP contribution < -0.4 is 0 Å². The van der Waals surface area contributed by atoms with Gasteiger partial charge in [0.15, 0.2) is 11.5 Å². The summed E-state index contributed by atoms with van der Waals surface area (Å²) in [6.45, 7) is 6.40. The summed E-state index contributed by atoms with van der Waals surface area (Å²) in [4.78, 5) is 11.2. The summed E-state index contributed by atoms with van der Waals surface area (Å²) in [5.74, 6) is -0.464. The molecule has 0 aromatic carbocycles. The second-order valence-electron chi connectivity index (χ2n) is 3.83. The number of aliphatic hydroxyl groups excluding tert-OH is 1. The first-order valence-electron chi connectivity index (χ1n) is 5.17. The van der Waals surface area contributed by atoms with Gasteiger partial charge in [0.1, 0.15) is 11.4 Å². The molecule has 0 saturated carbocycles. The third kappa shape index (κ3) is 2.77. The van der Waals surface area contributed by atoms with Crippen LogP contribution in [0.3, 0.4) is 0 Å². The van der Waals surface area contributed by atoms with Gasteiger partial charge in [0.25, 0.3) is 0 Å². The molecule has 0 spiro atoms. The minimum absolute atomic E-state index is 0.0346. The summed E-state index contributed by atoms with van der Waals surface area (Å²) in [6, 6.07) is 0. The molecular formula is C11H16N4O2. The third-order valence-electron chi connectivity index (χ3n) is 2.40.